The van der Waals surface area contributed by atoms with Crippen LogP contribution in [0.5, 0.6) is 17.4 Å². The molecule has 3 aromatic rings. The molecule has 0 unspecified atom stereocenters. The van der Waals surface area contributed by atoms with E-state index < -0.39 is 0 Å². The highest BCUT2D eigenvalue weighted by Crippen LogP contribution is 2.48. The molecule has 0 saturated carbocycles. The molecule has 7 nitrogen and oxygen atoms in total. The first-order chi connectivity index (χ1) is 16.0. The maximum absolute atomic E-state index is 12.6. The molecule has 2 aromatic carbocycles. The summed E-state index contributed by atoms with van der Waals surface area (Å²) in [5.41, 5.74) is 4.78. The van der Waals surface area contributed by atoms with Crippen LogP contribution in [0.25, 0.3) is 5.69 Å². The molecule has 7 heteroatoms. The number of imidazole rings is 1. The molecule has 178 valence electrons. The lowest BCUT2D eigenvalue weighted by atomic mass is 9.81. The van der Waals surface area contributed by atoms with Crippen LogP contribution in [0.3, 0.4) is 0 Å². The van der Waals surface area contributed by atoms with Gasteiger partial charge in [-0.15, -0.1) is 0 Å². The maximum atomic E-state index is 12.6. The minimum atomic E-state index is -0.341. The van der Waals surface area contributed by atoms with Crippen molar-refractivity contribution in [2.75, 3.05) is 6.61 Å². The van der Waals surface area contributed by atoms with Gasteiger partial charge in [0.1, 0.15) is 5.60 Å². The van der Waals surface area contributed by atoms with Crippen LogP contribution >= 0.6 is 0 Å². The maximum Gasteiger partial charge on any atom is 0.335 e. The van der Waals surface area contributed by atoms with Gasteiger partial charge in [-0.05, 0) is 64.8 Å². The summed E-state index contributed by atoms with van der Waals surface area (Å²) in [6.07, 6.45) is 2.95. The summed E-state index contributed by atoms with van der Waals surface area (Å²) in [6.45, 7) is 11.0. The fraction of sp³-hybridized carbons (Fsp3) is 0.407. The number of rotatable bonds is 4. The van der Waals surface area contributed by atoms with E-state index in [2.05, 4.69) is 33.8 Å². The quantitative estimate of drug-likeness (QED) is 0.633. The van der Waals surface area contributed by atoms with Crippen molar-refractivity contribution in [2.24, 2.45) is 12.0 Å². The highest BCUT2D eigenvalue weighted by molar-refractivity contribution is 6.16. The fourth-order valence-corrected chi connectivity index (χ4v) is 5.12. The second-order valence-electron chi connectivity index (χ2n) is 10.4. The normalized spacial score (nSPS) is 17.5. The van der Waals surface area contributed by atoms with E-state index in [9.17, 15) is 9.90 Å². The average molecular weight is 462 g/mol. The van der Waals surface area contributed by atoms with E-state index in [1.54, 1.807) is 7.05 Å². The van der Waals surface area contributed by atoms with Gasteiger partial charge in [0.05, 0.1) is 29.7 Å². The summed E-state index contributed by atoms with van der Waals surface area (Å²) >= 11 is 0. The van der Waals surface area contributed by atoms with Crippen molar-refractivity contribution in [1.82, 2.24) is 9.13 Å². The molecular formula is C27H31N3O4. The molecule has 0 aliphatic carbocycles. The molecule has 0 bridgehead atoms. The molecule has 2 aliphatic rings. The number of aromatic hydroxyl groups is 1. The number of aromatic nitrogens is 2. The largest absolute Gasteiger partial charge is 0.493 e. The zero-order valence-corrected chi connectivity index (χ0v) is 20.6. The molecular weight excluding hydrogens is 430 g/mol. The lowest BCUT2D eigenvalue weighted by Gasteiger charge is -2.31. The Labute approximate surface area is 199 Å². The Balaban J connectivity index is 1.73. The van der Waals surface area contributed by atoms with E-state index in [4.69, 9.17) is 14.5 Å². The molecule has 3 heterocycles. The van der Waals surface area contributed by atoms with Crippen LogP contribution in [-0.4, -0.2) is 37.7 Å². The minimum absolute atomic E-state index is 0.103. The number of fused-ring (bicyclic) bond motifs is 3. The van der Waals surface area contributed by atoms with Gasteiger partial charge in [-0.1, -0.05) is 12.1 Å². The molecule has 0 radical (unpaired) electrons. The van der Waals surface area contributed by atoms with Crippen LogP contribution in [-0.2, 0) is 19.9 Å². The van der Waals surface area contributed by atoms with E-state index in [1.807, 2.05) is 31.2 Å². The number of aliphatic imine (C=N–C) groups is 1. The Hall–Kier alpha value is -3.48. The highest BCUT2D eigenvalue weighted by Gasteiger charge is 2.39. The average Bonchev–Trinajstić information content (AvgIpc) is 3.20. The third-order valence-electron chi connectivity index (χ3n) is 6.39. The number of ether oxygens (including phenoxy) is 2. The number of hydrogen-bond acceptors (Lipinski definition) is 5. The van der Waals surface area contributed by atoms with Gasteiger partial charge in [-0.25, -0.2) is 9.36 Å². The minimum Gasteiger partial charge on any atom is -0.493 e. The van der Waals surface area contributed by atoms with Crippen LogP contribution in [0.2, 0.25) is 0 Å². The highest BCUT2D eigenvalue weighted by atomic mass is 16.5. The first-order valence-electron chi connectivity index (χ1n) is 11.7. The molecule has 0 saturated heterocycles. The summed E-state index contributed by atoms with van der Waals surface area (Å²) in [5, 5.41) is 10.4. The molecule has 0 spiro atoms. The van der Waals surface area contributed by atoms with E-state index in [0.717, 1.165) is 46.7 Å². The van der Waals surface area contributed by atoms with E-state index in [0.29, 0.717) is 12.3 Å². The zero-order valence-electron chi connectivity index (χ0n) is 20.6. The van der Waals surface area contributed by atoms with Crippen LogP contribution in [0.15, 0.2) is 46.3 Å². The monoisotopic (exact) mass is 461 g/mol. The third-order valence-corrected chi connectivity index (χ3v) is 6.39. The van der Waals surface area contributed by atoms with Crippen LogP contribution < -0.4 is 15.2 Å². The molecule has 0 fully saturated rings. The van der Waals surface area contributed by atoms with Crippen LogP contribution in [0.4, 0.5) is 0 Å². The molecule has 1 N–H and O–H groups in total. The molecule has 0 atom stereocenters. The van der Waals surface area contributed by atoms with Crippen molar-refractivity contribution in [2.45, 2.75) is 58.6 Å². The smallest absolute Gasteiger partial charge is 0.335 e. The van der Waals surface area contributed by atoms with Crippen LogP contribution in [0.1, 0.15) is 56.9 Å². The van der Waals surface area contributed by atoms with Crippen molar-refractivity contribution in [1.29, 1.82) is 0 Å². The molecule has 0 amide bonds. The Kier molecular flexibility index (Phi) is 4.93. The predicted molar refractivity (Wildman–Crippen MR) is 132 cm³/mol. The van der Waals surface area contributed by atoms with E-state index >= 15 is 0 Å². The second kappa shape index (κ2) is 7.52. The summed E-state index contributed by atoms with van der Waals surface area (Å²) in [7, 11) is 1.62. The first-order valence-corrected chi connectivity index (χ1v) is 11.7. The van der Waals surface area contributed by atoms with Gasteiger partial charge < -0.3 is 14.6 Å². The van der Waals surface area contributed by atoms with Gasteiger partial charge in [0.2, 0.25) is 5.88 Å². The van der Waals surface area contributed by atoms with Gasteiger partial charge in [0, 0.05) is 30.2 Å². The van der Waals surface area contributed by atoms with Crippen molar-refractivity contribution in [3.05, 3.63) is 69.3 Å². The van der Waals surface area contributed by atoms with Crippen molar-refractivity contribution in [3.63, 3.8) is 0 Å². The van der Waals surface area contributed by atoms with Gasteiger partial charge in [0.25, 0.3) is 0 Å². The lowest BCUT2D eigenvalue weighted by molar-refractivity contribution is 0.132. The zero-order chi connectivity index (χ0) is 24.4. The predicted octanol–water partition coefficient (Wildman–Crippen LogP) is 4.17. The lowest BCUT2D eigenvalue weighted by Crippen LogP contribution is -2.31. The number of aryl methyl sites for hydroxylation is 1. The summed E-state index contributed by atoms with van der Waals surface area (Å²) in [4.78, 5) is 17.8. The first kappa shape index (κ1) is 22.3. The summed E-state index contributed by atoms with van der Waals surface area (Å²) < 4.78 is 15.0. The van der Waals surface area contributed by atoms with E-state index in [1.165, 1.54) is 20.9 Å². The molecule has 2 aliphatic heterocycles. The van der Waals surface area contributed by atoms with Gasteiger partial charge >= 0.3 is 5.69 Å². The van der Waals surface area contributed by atoms with E-state index in [-0.39, 0.29) is 22.7 Å². The Morgan fingerprint density at radius 3 is 2.62 bits per heavy atom. The van der Waals surface area contributed by atoms with Crippen molar-refractivity contribution < 1.29 is 14.6 Å². The summed E-state index contributed by atoms with van der Waals surface area (Å²) in [6, 6.07) is 9.72. The fourth-order valence-electron chi connectivity index (χ4n) is 5.12. The Bertz CT molecular complexity index is 1390. The Morgan fingerprint density at radius 2 is 1.94 bits per heavy atom. The SMILES string of the molecule is CCOc1cc2c(c3c1OC(C)(C)C3)C(c1cccc(-n3c(O)cn(C)c3=O)c1)=NC(C)(C)C2. The number of hydrogen-bond donors (Lipinski definition) is 1. The molecule has 34 heavy (non-hydrogen) atoms. The number of nitrogens with zero attached hydrogens (tertiary/aromatic N) is 3. The standard InChI is InChI=1S/C27H31N3O4/c1-7-33-20-12-17-13-26(2,3)28-23(22(17)19-14-27(4,5)34-24(19)20)16-9-8-10-18(11-16)30-21(31)15-29(6)25(30)32/h8-12,15,31H,7,13-14H2,1-6H3. The van der Waals surface area contributed by atoms with Gasteiger partial charge in [-0.3, -0.25) is 9.56 Å². The van der Waals surface area contributed by atoms with Crippen molar-refractivity contribution >= 4 is 5.71 Å². The summed E-state index contributed by atoms with van der Waals surface area (Å²) in [5.74, 6) is 1.48. The van der Waals surface area contributed by atoms with Gasteiger partial charge in [0.15, 0.2) is 11.5 Å². The van der Waals surface area contributed by atoms with Crippen molar-refractivity contribution in [3.8, 4) is 23.1 Å². The second-order valence-corrected chi connectivity index (χ2v) is 10.4. The van der Waals surface area contributed by atoms with Gasteiger partial charge in [-0.2, -0.15) is 0 Å². The molecule has 5 rings (SSSR count). The Morgan fingerprint density at radius 1 is 1.18 bits per heavy atom. The molecule has 1 aromatic heterocycles. The van der Waals surface area contributed by atoms with Crippen LogP contribution in [0, 0.1) is 0 Å². The third kappa shape index (κ3) is 3.59. The topological polar surface area (TPSA) is 78.0 Å². The number of benzene rings is 2.